The van der Waals surface area contributed by atoms with Crippen molar-refractivity contribution in [2.45, 2.75) is 26.3 Å². The number of hydrogen-bond donors (Lipinski definition) is 2. The van der Waals surface area contributed by atoms with Crippen molar-refractivity contribution in [2.75, 3.05) is 38.1 Å². The molecule has 2 heterocycles. The zero-order valence-electron chi connectivity index (χ0n) is 19.1. The number of hydrogen-bond acceptors (Lipinski definition) is 6. The van der Waals surface area contributed by atoms with Crippen LogP contribution in [0.15, 0.2) is 54.7 Å². The van der Waals surface area contributed by atoms with Crippen LogP contribution >= 0.6 is 0 Å². The van der Waals surface area contributed by atoms with Gasteiger partial charge in [-0.25, -0.2) is 4.98 Å². The van der Waals surface area contributed by atoms with Gasteiger partial charge in [-0.1, -0.05) is 31.2 Å². The van der Waals surface area contributed by atoms with Crippen LogP contribution in [0.1, 0.15) is 35.7 Å². The molecule has 0 aliphatic heterocycles. The summed E-state index contributed by atoms with van der Waals surface area (Å²) in [6.45, 7) is 6.31. The number of aliphatic hydroxyl groups excluding tert-OH is 1. The number of nitrogens with one attached hydrogen (secondary N) is 1. The normalized spacial score (nSPS) is 11.5. The van der Waals surface area contributed by atoms with Gasteiger partial charge in [0.25, 0.3) is 0 Å². The summed E-state index contributed by atoms with van der Waals surface area (Å²) in [5, 5.41) is 13.9. The number of benzene rings is 2. The van der Waals surface area contributed by atoms with E-state index < -0.39 is 0 Å². The van der Waals surface area contributed by atoms with Gasteiger partial charge in [-0.15, -0.1) is 0 Å². The molecule has 0 spiro atoms. The van der Waals surface area contributed by atoms with Crippen molar-refractivity contribution >= 4 is 34.2 Å². The predicted molar refractivity (Wildman–Crippen MR) is 133 cm³/mol. The molecule has 2 aromatic carbocycles. The van der Waals surface area contributed by atoms with Gasteiger partial charge in [-0.05, 0) is 55.8 Å². The third-order valence-electron chi connectivity index (χ3n) is 5.84. The number of pyridine rings is 1. The van der Waals surface area contributed by atoms with E-state index in [1.165, 1.54) is 0 Å². The lowest BCUT2D eigenvalue weighted by molar-refractivity contribution is 0.112. The minimum absolute atomic E-state index is 0.182. The molecule has 0 amide bonds. The second-order valence-corrected chi connectivity index (χ2v) is 8.23. The third kappa shape index (κ3) is 5.38. The fourth-order valence-electron chi connectivity index (χ4n) is 4.27. The van der Waals surface area contributed by atoms with Crippen molar-refractivity contribution in [1.82, 2.24) is 19.4 Å². The van der Waals surface area contributed by atoms with Gasteiger partial charge in [0, 0.05) is 30.2 Å². The minimum atomic E-state index is 0.182. The first-order valence-electron chi connectivity index (χ1n) is 11.6. The fourth-order valence-corrected chi connectivity index (χ4v) is 4.27. The van der Waals surface area contributed by atoms with E-state index in [4.69, 9.17) is 4.98 Å². The highest BCUT2D eigenvalue weighted by atomic mass is 16.3. The SMILES string of the molecule is CCCN(CCO)CCCNc1nc2ccc(C=O)cc2n1Cc1cccc2cccnc12. The zero-order valence-corrected chi connectivity index (χ0v) is 19.1. The van der Waals surface area contributed by atoms with E-state index in [0.717, 1.165) is 72.2 Å². The molecule has 0 aliphatic rings. The van der Waals surface area contributed by atoms with Crippen LogP contribution in [0.25, 0.3) is 21.9 Å². The molecule has 172 valence electrons. The Bertz CT molecular complexity index is 1210. The molecule has 0 fully saturated rings. The predicted octanol–water partition coefficient (Wildman–Crippen LogP) is 3.95. The Morgan fingerprint density at radius 3 is 2.82 bits per heavy atom. The van der Waals surface area contributed by atoms with E-state index in [2.05, 4.69) is 44.9 Å². The highest BCUT2D eigenvalue weighted by Gasteiger charge is 2.14. The van der Waals surface area contributed by atoms with Gasteiger partial charge >= 0.3 is 0 Å². The maximum Gasteiger partial charge on any atom is 0.204 e. The molecule has 7 heteroatoms. The van der Waals surface area contributed by atoms with Crippen molar-refractivity contribution in [1.29, 1.82) is 0 Å². The van der Waals surface area contributed by atoms with Gasteiger partial charge in [0.1, 0.15) is 6.29 Å². The molecule has 4 rings (SSSR count). The molecule has 0 saturated heterocycles. The molecule has 2 aromatic heterocycles. The Morgan fingerprint density at radius 1 is 1.12 bits per heavy atom. The molecule has 33 heavy (non-hydrogen) atoms. The summed E-state index contributed by atoms with van der Waals surface area (Å²) in [5.41, 5.74) is 4.47. The van der Waals surface area contributed by atoms with Gasteiger partial charge in [-0.2, -0.15) is 0 Å². The fraction of sp³-hybridized carbons (Fsp3) is 0.346. The lowest BCUT2D eigenvalue weighted by Gasteiger charge is -2.20. The Hall–Kier alpha value is -3.29. The van der Waals surface area contributed by atoms with E-state index in [1.54, 1.807) is 6.07 Å². The van der Waals surface area contributed by atoms with Crippen LogP contribution in [-0.2, 0) is 6.54 Å². The van der Waals surface area contributed by atoms with Crippen LogP contribution in [0.5, 0.6) is 0 Å². The summed E-state index contributed by atoms with van der Waals surface area (Å²) in [7, 11) is 0. The first-order chi connectivity index (χ1) is 16.2. The van der Waals surface area contributed by atoms with Crippen LogP contribution in [0.2, 0.25) is 0 Å². The number of nitrogens with zero attached hydrogens (tertiary/aromatic N) is 4. The Kier molecular flexibility index (Phi) is 7.65. The van der Waals surface area contributed by atoms with E-state index in [1.807, 2.05) is 30.5 Å². The monoisotopic (exact) mass is 445 g/mol. The number of aldehydes is 1. The summed E-state index contributed by atoms with van der Waals surface area (Å²) in [5.74, 6) is 0.783. The molecule has 0 aliphatic carbocycles. The molecule has 0 saturated carbocycles. The summed E-state index contributed by atoms with van der Waals surface area (Å²) in [6.07, 6.45) is 4.70. The van der Waals surface area contributed by atoms with Crippen molar-refractivity contribution < 1.29 is 9.90 Å². The number of imidazole rings is 1. The minimum Gasteiger partial charge on any atom is -0.395 e. The quantitative estimate of drug-likeness (QED) is 0.254. The van der Waals surface area contributed by atoms with Gasteiger partial charge < -0.3 is 19.9 Å². The molecule has 7 nitrogen and oxygen atoms in total. The van der Waals surface area contributed by atoms with Crippen LogP contribution in [0.3, 0.4) is 0 Å². The zero-order chi connectivity index (χ0) is 23.0. The van der Waals surface area contributed by atoms with Crippen LogP contribution in [-0.4, -0.2) is 63.6 Å². The number of para-hydroxylation sites is 1. The number of aliphatic hydroxyl groups is 1. The van der Waals surface area contributed by atoms with Crippen molar-refractivity contribution in [3.05, 3.63) is 65.9 Å². The highest BCUT2D eigenvalue weighted by molar-refractivity contribution is 5.87. The summed E-state index contributed by atoms with van der Waals surface area (Å²) in [6, 6.07) is 15.8. The Labute approximate surface area is 194 Å². The smallest absolute Gasteiger partial charge is 0.204 e. The number of fused-ring (bicyclic) bond motifs is 2. The molecule has 2 N–H and O–H groups in total. The lowest BCUT2D eigenvalue weighted by atomic mass is 10.1. The molecule has 0 bridgehead atoms. The van der Waals surface area contributed by atoms with Crippen LogP contribution in [0.4, 0.5) is 5.95 Å². The maximum atomic E-state index is 11.4. The lowest BCUT2D eigenvalue weighted by Crippen LogP contribution is -2.30. The van der Waals surface area contributed by atoms with Gasteiger partial charge in [-0.3, -0.25) is 9.78 Å². The highest BCUT2D eigenvalue weighted by Crippen LogP contribution is 2.25. The maximum absolute atomic E-state index is 11.4. The van der Waals surface area contributed by atoms with Crippen molar-refractivity contribution in [3.8, 4) is 0 Å². The Morgan fingerprint density at radius 2 is 2.00 bits per heavy atom. The van der Waals surface area contributed by atoms with Gasteiger partial charge in [0.15, 0.2) is 0 Å². The molecule has 0 unspecified atom stereocenters. The van der Waals surface area contributed by atoms with E-state index >= 15 is 0 Å². The first kappa shape index (κ1) is 22.9. The van der Waals surface area contributed by atoms with Crippen LogP contribution in [0, 0.1) is 0 Å². The second kappa shape index (κ2) is 11.0. The average molecular weight is 446 g/mol. The Balaban J connectivity index is 1.60. The van der Waals surface area contributed by atoms with Crippen molar-refractivity contribution in [3.63, 3.8) is 0 Å². The number of aromatic nitrogens is 3. The molecule has 0 radical (unpaired) electrons. The molecular weight excluding hydrogens is 414 g/mol. The topological polar surface area (TPSA) is 83.3 Å². The molecule has 0 atom stereocenters. The van der Waals surface area contributed by atoms with E-state index in [0.29, 0.717) is 18.7 Å². The number of anilines is 1. The van der Waals surface area contributed by atoms with Gasteiger partial charge in [0.2, 0.25) is 5.95 Å². The van der Waals surface area contributed by atoms with E-state index in [-0.39, 0.29) is 6.61 Å². The molecular formula is C26H31N5O2. The summed E-state index contributed by atoms with van der Waals surface area (Å²) < 4.78 is 2.13. The number of carbonyl (C=O) groups excluding carboxylic acids is 1. The average Bonchev–Trinajstić information content (AvgIpc) is 3.18. The summed E-state index contributed by atoms with van der Waals surface area (Å²) >= 11 is 0. The number of carbonyl (C=O) groups is 1. The third-order valence-corrected chi connectivity index (χ3v) is 5.84. The van der Waals surface area contributed by atoms with Gasteiger partial charge in [0.05, 0.1) is 29.7 Å². The molecule has 4 aromatic rings. The second-order valence-electron chi connectivity index (χ2n) is 8.23. The van der Waals surface area contributed by atoms with E-state index in [9.17, 15) is 9.90 Å². The first-order valence-corrected chi connectivity index (χ1v) is 11.6. The standard InChI is InChI=1S/C26H31N5O2/c1-2-13-30(15-16-32)14-5-12-28-26-29-23-10-9-20(19-33)17-24(23)31(26)18-22-7-3-6-21-8-4-11-27-25(21)22/h3-4,6-11,17,19,32H,2,5,12-16,18H2,1H3,(H,28,29). The van der Waals surface area contributed by atoms with Crippen LogP contribution < -0.4 is 5.32 Å². The largest absolute Gasteiger partial charge is 0.395 e. The summed E-state index contributed by atoms with van der Waals surface area (Å²) in [4.78, 5) is 23.1. The van der Waals surface area contributed by atoms with Crippen molar-refractivity contribution in [2.24, 2.45) is 0 Å². The number of rotatable bonds is 12.